The van der Waals surface area contributed by atoms with Crippen molar-refractivity contribution in [1.82, 2.24) is 0 Å². The molecule has 1 aromatic carbocycles. The quantitative estimate of drug-likeness (QED) is 0.419. The minimum Gasteiger partial charge on any atom is -0.741 e. The molecule has 0 atom stereocenters. The van der Waals surface area contributed by atoms with E-state index in [1.165, 1.54) is 5.56 Å². The molecule has 0 aliphatic heterocycles. The Bertz CT molecular complexity index is 389. The molecule has 1 rings (SSSR count). The first-order chi connectivity index (χ1) is 6.64. The van der Waals surface area contributed by atoms with Gasteiger partial charge in [0, 0.05) is 0 Å². The van der Waals surface area contributed by atoms with Crippen molar-refractivity contribution in [3.8, 4) is 0 Å². The van der Waals surface area contributed by atoms with Gasteiger partial charge < -0.3 is 4.55 Å². The van der Waals surface area contributed by atoms with Gasteiger partial charge in [-0.3, -0.25) is 0 Å². The van der Waals surface area contributed by atoms with E-state index in [1.54, 1.807) is 0 Å². The van der Waals surface area contributed by atoms with Gasteiger partial charge in [-0.15, -0.1) is 0 Å². The predicted molar refractivity (Wildman–Crippen MR) is 46.9 cm³/mol. The van der Waals surface area contributed by atoms with Crippen LogP contribution in [0.15, 0.2) is 30.3 Å². The van der Waals surface area contributed by atoms with Crippen molar-refractivity contribution < 1.29 is 43.2 Å². The van der Waals surface area contributed by atoms with Crippen LogP contribution in [-0.4, -0.2) is 18.5 Å². The van der Waals surface area contributed by atoms with Crippen molar-refractivity contribution in [3.05, 3.63) is 35.9 Å². The zero-order valence-electron chi connectivity index (χ0n) is 7.96. The Labute approximate surface area is 102 Å². The Hall–Kier alpha value is -0.561. The number of hydrogen-bond donors (Lipinski definition) is 0. The molecule has 0 amide bonds. The average Bonchev–Trinajstić information content (AvgIpc) is 2.02. The molecule has 0 bridgehead atoms. The summed E-state index contributed by atoms with van der Waals surface area (Å²) < 4.78 is 58.9. The summed E-state index contributed by atoms with van der Waals surface area (Å²) in [5.74, 6) is 0. The van der Waals surface area contributed by atoms with Gasteiger partial charge in [-0.05, 0) is 6.92 Å². The number of hydrogen-bond acceptors (Lipinski definition) is 3. The standard InChI is InChI=1S/C7H8.CHF3O3S.Cu/c1-7-5-3-2-4-6-7;2-1(3,4)8(5,6)7;/h2-6H,1H3;(H,5,6,7);/q;;+1/p-1. The molecule has 0 spiro atoms. The smallest absolute Gasteiger partial charge is 0.741 e. The first-order valence-corrected chi connectivity index (χ1v) is 5.09. The van der Waals surface area contributed by atoms with Gasteiger partial charge >= 0.3 is 22.6 Å². The van der Waals surface area contributed by atoms with E-state index in [9.17, 15) is 13.2 Å². The molecular weight excluding hydrogens is 297 g/mol. The SMILES string of the molecule is Cc1ccccc1.O=S(=O)([O-])C(F)(F)F.[Cu+]. The third kappa shape index (κ3) is 7.70. The van der Waals surface area contributed by atoms with Gasteiger partial charge in [-0.2, -0.15) is 13.2 Å². The molecule has 3 nitrogen and oxygen atoms in total. The first-order valence-electron chi connectivity index (χ1n) is 3.68. The fourth-order valence-electron chi connectivity index (χ4n) is 0.534. The molecule has 8 heteroatoms. The van der Waals surface area contributed by atoms with E-state index in [-0.39, 0.29) is 17.1 Å². The molecule has 0 heterocycles. The van der Waals surface area contributed by atoms with E-state index in [4.69, 9.17) is 13.0 Å². The van der Waals surface area contributed by atoms with Crippen LogP contribution in [0.2, 0.25) is 0 Å². The van der Waals surface area contributed by atoms with Crippen molar-refractivity contribution in [1.29, 1.82) is 0 Å². The molecule has 0 saturated heterocycles. The molecule has 0 fully saturated rings. The van der Waals surface area contributed by atoms with Crippen molar-refractivity contribution in [3.63, 3.8) is 0 Å². The molecule has 0 unspecified atom stereocenters. The fourth-order valence-corrected chi connectivity index (χ4v) is 0.534. The van der Waals surface area contributed by atoms with Crippen LogP contribution in [0.25, 0.3) is 0 Å². The van der Waals surface area contributed by atoms with Crippen LogP contribution in [0.1, 0.15) is 5.56 Å². The Morgan fingerprint density at radius 2 is 1.44 bits per heavy atom. The summed E-state index contributed by atoms with van der Waals surface area (Å²) >= 11 is 0. The first kappa shape index (κ1) is 17.8. The molecule has 0 aliphatic carbocycles. The maximum Gasteiger partial charge on any atom is 1.00 e. The summed E-state index contributed by atoms with van der Waals surface area (Å²) in [6.07, 6.45) is 0. The zero-order valence-corrected chi connectivity index (χ0v) is 9.71. The summed E-state index contributed by atoms with van der Waals surface area (Å²) in [5.41, 5.74) is -4.32. The van der Waals surface area contributed by atoms with E-state index in [2.05, 4.69) is 19.1 Å². The van der Waals surface area contributed by atoms with Gasteiger partial charge in [0.15, 0.2) is 10.1 Å². The molecule has 96 valence electrons. The van der Waals surface area contributed by atoms with Crippen molar-refractivity contribution in [2.75, 3.05) is 0 Å². The van der Waals surface area contributed by atoms with Crippen molar-refractivity contribution >= 4 is 10.1 Å². The van der Waals surface area contributed by atoms with Crippen LogP contribution in [-0.2, 0) is 27.2 Å². The van der Waals surface area contributed by atoms with Crippen LogP contribution in [0.4, 0.5) is 13.2 Å². The summed E-state index contributed by atoms with van der Waals surface area (Å²) in [7, 11) is -6.09. The summed E-state index contributed by atoms with van der Waals surface area (Å²) in [5, 5.41) is 0. The Balaban J connectivity index is 0. The maximum absolute atomic E-state index is 10.7. The molecule has 0 aromatic heterocycles. The molecule has 1 aromatic rings. The minimum absolute atomic E-state index is 0. The van der Waals surface area contributed by atoms with E-state index in [0.29, 0.717) is 0 Å². The van der Waals surface area contributed by atoms with Crippen LogP contribution in [0, 0.1) is 6.92 Å². The topological polar surface area (TPSA) is 57.2 Å². The monoisotopic (exact) mass is 304 g/mol. The minimum atomic E-state index is -6.09. The van der Waals surface area contributed by atoms with Crippen LogP contribution >= 0.6 is 0 Å². The van der Waals surface area contributed by atoms with Gasteiger partial charge in [0.2, 0.25) is 0 Å². The number of halogens is 3. The molecule has 0 N–H and O–H groups in total. The van der Waals surface area contributed by atoms with Crippen molar-refractivity contribution in [2.24, 2.45) is 0 Å². The largest absolute Gasteiger partial charge is 1.00 e. The third-order valence-electron chi connectivity index (χ3n) is 1.22. The van der Waals surface area contributed by atoms with Gasteiger partial charge in [0.25, 0.3) is 0 Å². The molecule has 0 radical (unpaired) electrons. The Morgan fingerprint density at radius 1 is 1.12 bits per heavy atom. The second kappa shape index (κ2) is 6.90. The Morgan fingerprint density at radius 3 is 1.56 bits per heavy atom. The zero-order chi connectivity index (χ0) is 12.1. The Kier molecular flexibility index (Phi) is 7.69. The van der Waals surface area contributed by atoms with Gasteiger partial charge in [-0.25, -0.2) is 8.42 Å². The van der Waals surface area contributed by atoms with Gasteiger partial charge in [0.1, 0.15) is 0 Å². The molecule has 0 aliphatic rings. The average molecular weight is 305 g/mol. The van der Waals surface area contributed by atoms with E-state index < -0.39 is 15.6 Å². The van der Waals surface area contributed by atoms with E-state index in [0.717, 1.165) is 0 Å². The van der Waals surface area contributed by atoms with Crippen LogP contribution < -0.4 is 0 Å². The fraction of sp³-hybridized carbons (Fsp3) is 0.250. The van der Waals surface area contributed by atoms with Crippen LogP contribution in [0.5, 0.6) is 0 Å². The summed E-state index contributed by atoms with van der Waals surface area (Å²) in [6.45, 7) is 2.08. The van der Waals surface area contributed by atoms with Crippen LogP contribution in [0.3, 0.4) is 0 Å². The van der Waals surface area contributed by atoms with Gasteiger partial charge in [0.05, 0.1) is 0 Å². The number of alkyl halides is 3. The van der Waals surface area contributed by atoms with Crippen molar-refractivity contribution in [2.45, 2.75) is 12.4 Å². The normalized spacial score (nSPS) is 10.8. The maximum atomic E-state index is 10.7. The second-order valence-corrected chi connectivity index (χ2v) is 3.93. The number of benzene rings is 1. The molecule has 0 saturated carbocycles. The number of rotatable bonds is 0. The predicted octanol–water partition coefficient (Wildman–Crippen LogP) is 2.04. The second-order valence-electron chi connectivity index (χ2n) is 2.55. The summed E-state index contributed by atoms with van der Waals surface area (Å²) in [6, 6.07) is 10.3. The number of aryl methyl sites for hydroxylation is 1. The van der Waals surface area contributed by atoms with E-state index >= 15 is 0 Å². The molecular formula is C8H8CuF3O3S. The summed E-state index contributed by atoms with van der Waals surface area (Å²) in [4.78, 5) is 0. The van der Waals surface area contributed by atoms with E-state index in [1.807, 2.05) is 18.2 Å². The van der Waals surface area contributed by atoms with Gasteiger partial charge in [-0.1, -0.05) is 35.9 Å². The molecule has 16 heavy (non-hydrogen) atoms. The third-order valence-corrected chi connectivity index (χ3v) is 1.79.